The van der Waals surface area contributed by atoms with Gasteiger partial charge in [0.1, 0.15) is 23.3 Å². The molecule has 4 heterocycles. The van der Waals surface area contributed by atoms with Gasteiger partial charge < -0.3 is 19.9 Å². The van der Waals surface area contributed by atoms with Crippen LogP contribution >= 0.6 is 0 Å². The molecule has 5 N–H and O–H groups in total. The average Bonchev–Trinajstić information content (AvgIpc) is 4.00. The van der Waals surface area contributed by atoms with Crippen molar-refractivity contribution in [3.8, 4) is 33.9 Å². The van der Waals surface area contributed by atoms with Crippen LogP contribution in [0.3, 0.4) is 0 Å². The molecule has 15 heteroatoms. The molecular formula is C44H37N9O4S2. The number of aromatic amines is 4. The predicted octanol–water partition coefficient (Wildman–Crippen LogP) is 8.78. The lowest BCUT2D eigenvalue weighted by atomic mass is 10.0. The molecule has 0 radical (unpaired) electrons. The molecule has 0 fully saturated rings. The molecule has 0 saturated heterocycles. The van der Waals surface area contributed by atoms with Gasteiger partial charge in [-0.05, 0) is 112 Å². The Hall–Kier alpha value is -6.94. The van der Waals surface area contributed by atoms with Crippen molar-refractivity contribution in [3.05, 3.63) is 144 Å². The summed E-state index contributed by atoms with van der Waals surface area (Å²) in [6.45, 7) is 7.78. The van der Waals surface area contributed by atoms with Crippen molar-refractivity contribution < 1.29 is 16.8 Å². The molecule has 4 aromatic heterocycles. The van der Waals surface area contributed by atoms with E-state index >= 15 is 0 Å². The van der Waals surface area contributed by atoms with Gasteiger partial charge in [-0.15, -0.1) is 4.13 Å². The van der Waals surface area contributed by atoms with E-state index in [4.69, 9.17) is 4.98 Å². The molecule has 0 unspecified atom stereocenters. The fourth-order valence-electron chi connectivity index (χ4n) is 7.04. The zero-order valence-electron chi connectivity index (χ0n) is 32.3. The second-order valence-electron chi connectivity index (χ2n) is 14.5. The smallest absolute Gasteiger partial charge is 0.253 e. The van der Waals surface area contributed by atoms with E-state index in [1.165, 1.54) is 42.0 Å². The number of fused-ring (bicyclic) bond motifs is 4. The predicted molar refractivity (Wildman–Crippen MR) is 231 cm³/mol. The lowest BCUT2D eigenvalue weighted by Crippen LogP contribution is -2.30. The second kappa shape index (κ2) is 14.5. The summed E-state index contributed by atoms with van der Waals surface area (Å²) in [7, 11) is -8.74. The summed E-state index contributed by atoms with van der Waals surface area (Å²) in [5.74, 6) is 3.05. The maximum Gasteiger partial charge on any atom is 0.253 e. The Labute approximate surface area is 339 Å². The summed E-state index contributed by atoms with van der Waals surface area (Å²) in [5.41, 5.74) is 12.8. The monoisotopic (exact) mass is 819 g/mol. The van der Waals surface area contributed by atoms with Gasteiger partial charge in [-0.3, -0.25) is 0 Å². The van der Waals surface area contributed by atoms with Crippen LogP contribution in [-0.4, -0.2) is 56.7 Å². The van der Waals surface area contributed by atoms with Gasteiger partial charge in [0.25, 0.3) is 20.0 Å². The zero-order chi connectivity index (χ0) is 41.1. The summed E-state index contributed by atoms with van der Waals surface area (Å²) in [6.07, 6.45) is 0. The molecule has 0 amide bonds. The molecule has 0 spiro atoms. The van der Waals surface area contributed by atoms with Crippen molar-refractivity contribution in [2.75, 3.05) is 0 Å². The average molecular weight is 820 g/mol. The Morgan fingerprint density at radius 2 is 0.797 bits per heavy atom. The third-order valence-electron chi connectivity index (χ3n) is 9.86. The van der Waals surface area contributed by atoms with Crippen LogP contribution in [0.1, 0.15) is 22.8 Å². The summed E-state index contributed by atoms with van der Waals surface area (Å²) in [4.78, 5) is 30.4. The van der Waals surface area contributed by atoms with E-state index in [1.807, 2.05) is 42.2 Å². The molecule has 6 aromatic carbocycles. The third-order valence-corrected chi connectivity index (χ3v) is 13.4. The Balaban J connectivity index is 0.000000156. The largest absolute Gasteiger partial charge is 0.342 e. The van der Waals surface area contributed by atoms with E-state index in [-0.39, 0.29) is 9.79 Å². The highest BCUT2D eigenvalue weighted by atomic mass is 32.3. The highest BCUT2D eigenvalue weighted by Gasteiger charge is 2.26. The first-order chi connectivity index (χ1) is 28.3. The van der Waals surface area contributed by atoms with Crippen LogP contribution in [0.2, 0.25) is 0 Å². The van der Waals surface area contributed by atoms with E-state index in [0.29, 0.717) is 33.7 Å². The fourth-order valence-corrected chi connectivity index (χ4v) is 10.0. The minimum absolute atomic E-state index is 0.188. The molecule has 0 aliphatic heterocycles. The molecular weight excluding hydrogens is 783 g/mol. The molecule has 0 atom stereocenters. The lowest BCUT2D eigenvalue weighted by molar-refractivity contribution is 0.577. The first-order valence-corrected chi connectivity index (χ1v) is 21.6. The van der Waals surface area contributed by atoms with Crippen molar-refractivity contribution in [2.24, 2.45) is 0 Å². The molecule has 0 aliphatic carbocycles. The van der Waals surface area contributed by atoms with Gasteiger partial charge in [0.15, 0.2) is 0 Å². The van der Waals surface area contributed by atoms with Gasteiger partial charge in [-0.1, -0.05) is 59.7 Å². The van der Waals surface area contributed by atoms with E-state index in [1.54, 1.807) is 6.92 Å². The summed E-state index contributed by atoms with van der Waals surface area (Å²) < 4.78 is 53.3. The zero-order valence-corrected chi connectivity index (χ0v) is 33.9. The molecule has 59 heavy (non-hydrogen) atoms. The van der Waals surface area contributed by atoms with Gasteiger partial charge >= 0.3 is 0 Å². The number of aryl methyl sites for hydroxylation is 4. The van der Waals surface area contributed by atoms with Crippen molar-refractivity contribution in [3.63, 3.8) is 0 Å². The molecule has 294 valence electrons. The summed E-state index contributed by atoms with van der Waals surface area (Å²) in [5, 5.41) is 0. The molecule has 0 saturated carbocycles. The summed E-state index contributed by atoms with van der Waals surface area (Å²) >= 11 is 0. The van der Waals surface area contributed by atoms with E-state index in [2.05, 4.69) is 102 Å². The van der Waals surface area contributed by atoms with E-state index in [0.717, 1.165) is 61.5 Å². The van der Waals surface area contributed by atoms with Crippen LogP contribution in [0.4, 0.5) is 0 Å². The normalized spacial score (nSPS) is 12.1. The number of nitrogens with one attached hydrogen (secondary N) is 5. The van der Waals surface area contributed by atoms with Crippen molar-refractivity contribution in [1.29, 1.82) is 0 Å². The number of sulfonamides is 2. The highest BCUT2D eigenvalue weighted by Crippen LogP contribution is 2.29. The number of imidazole rings is 4. The number of hydrogen-bond donors (Lipinski definition) is 5. The molecule has 10 rings (SSSR count). The van der Waals surface area contributed by atoms with Gasteiger partial charge in [0.2, 0.25) is 0 Å². The fraction of sp³-hybridized carbons (Fsp3) is 0.0909. The van der Waals surface area contributed by atoms with E-state index < -0.39 is 20.0 Å². The first-order valence-electron chi connectivity index (χ1n) is 18.6. The van der Waals surface area contributed by atoms with Crippen LogP contribution in [-0.2, 0) is 20.0 Å². The Bertz CT molecular complexity index is 3470. The molecule has 10 aromatic rings. The van der Waals surface area contributed by atoms with Gasteiger partial charge in [-0.2, -0.15) is 0 Å². The Kier molecular flexibility index (Phi) is 9.22. The van der Waals surface area contributed by atoms with Gasteiger partial charge in [0, 0.05) is 11.1 Å². The SMILES string of the molecule is Cc1cccc(-c2nc3ccc(-c4ccc5nc(C)[nH]c5c4)cc3[nH]2)c1.Cc1cccc(-c2nc3ccc(S(=O)(=O)NS(=O)(=O)c4ccc5nc(C)[nH]c5c4)cc3[nH]2)c1. The number of nitrogens with zero attached hydrogens (tertiary/aromatic N) is 4. The quantitative estimate of drug-likeness (QED) is 0.105. The summed E-state index contributed by atoms with van der Waals surface area (Å²) in [6, 6.07) is 37.2. The maximum atomic E-state index is 12.9. The van der Waals surface area contributed by atoms with E-state index in [9.17, 15) is 16.8 Å². The topological polar surface area (TPSA) is 195 Å². The highest BCUT2D eigenvalue weighted by molar-refractivity contribution is 8.04. The van der Waals surface area contributed by atoms with Crippen LogP contribution in [0.15, 0.2) is 131 Å². The number of benzene rings is 6. The first kappa shape index (κ1) is 37.6. The molecule has 13 nitrogen and oxygen atoms in total. The molecule has 0 bridgehead atoms. The van der Waals surface area contributed by atoms with Crippen molar-refractivity contribution in [2.45, 2.75) is 37.5 Å². The Morgan fingerprint density at radius 3 is 1.25 bits per heavy atom. The number of H-pyrrole nitrogens is 4. The number of rotatable bonds is 7. The minimum Gasteiger partial charge on any atom is -0.342 e. The minimum atomic E-state index is -4.38. The lowest BCUT2D eigenvalue weighted by Gasteiger charge is -2.08. The van der Waals surface area contributed by atoms with Gasteiger partial charge in [0.05, 0.1) is 53.9 Å². The second-order valence-corrected chi connectivity index (χ2v) is 18.1. The number of aromatic nitrogens is 8. The third kappa shape index (κ3) is 7.61. The van der Waals surface area contributed by atoms with Crippen LogP contribution in [0.25, 0.3) is 78.0 Å². The van der Waals surface area contributed by atoms with Crippen molar-refractivity contribution in [1.82, 2.24) is 44.0 Å². The Morgan fingerprint density at radius 1 is 0.407 bits per heavy atom. The molecule has 0 aliphatic rings. The van der Waals surface area contributed by atoms with Crippen LogP contribution in [0, 0.1) is 27.7 Å². The van der Waals surface area contributed by atoms with Crippen LogP contribution in [0.5, 0.6) is 0 Å². The standard InChI is InChI=1S/C22H19N5O4S2.C22H18N4/c1-13-4-3-5-15(10-13)22-25-19-9-7-17(12-21(19)26-22)33(30,31)27-32(28,29)16-6-8-18-20(11-16)24-14(2)23-18;1-13-4-3-5-17(10-13)22-25-19-9-7-16(12-21(19)26-22)15-6-8-18-20(11-15)24-14(2)23-18/h3-12,27H,1-2H3,(H,23,24)(H,25,26);3-12H,1-2H3,(H,23,24)(H,25,26). The van der Waals surface area contributed by atoms with Gasteiger partial charge in [-0.25, -0.2) is 36.8 Å². The van der Waals surface area contributed by atoms with Crippen LogP contribution < -0.4 is 4.13 Å². The number of hydrogen-bond acceptors (Lipinski definition) is 8. The van der Waals surface area contributed by atoms with Crippen molar-refractivity contribution >= 4 is 64.2 Å². The maximum absolute atomic E-state index is 12.9.